The number of hydrogen-bond donors (Lipinski definition) is 1. The molecule has 9 heteroatoms. The maximum absolute atomic E-state index is 14.8. The smallest absolute Gasteiger partial charge is 0.274 e. The molecule has 2 aromatic carbocycles. The summed E-state index contributed by atoms with van der Waals surface area (Å²) >= 11 is 0. The molecule has 7 nitrogen and oxygen atoms in total. The summed E-state index contributed by atoms with van der Waals surface area (Å²) in [5.41, 5.74) is 1.37. The van der Waals surface area contributed by atoms with Crippen molar-refractivity contribution in [3.05, 3.63) is 93.5 Å². The van der Waals surface area contributed by atoms with Gasteiger partial charge in [-0.2, -0.15) is 5.10 Å². The van der Waals surface area contributed by atoms with E-state index in [1.54, 1.807) is 26.1 Å². The van der Waals surface area contributed by atoms with Crippen molar-refractivity contribution in [1.29, 1.82) is 0 Å². The van der Waals surface area contributed by atoms with Crippen LogP contribution in [0.5, 0.6) is 0 Å². The lowest BCUT2D eigenvalue weighted by Gasteiger charge is -2.28. The molecule has 4 rings (SSSR count). The molecule has 0 aliphatic carbocycles. The number of nitrogens with zero attached hydrogens (tertiary/aromatic N) is 3. The highest BCUT2D eigenvalue weighted by Crippen LogP contribution is 2.34. The highest BCUT2D eigenvalue weighted by atomic mass is 19.1. The molecule has 1 atom stereocenters. The minimum absolute atomic E-state index is 0.0314. The van der Waals surface area contributed by atoms with Gasteiger partial charge < -0.3 is 10.2 Å². The van der Waals surface area contributed by atoms with Gasteiger partial charge in [0.1, 0.15) is 11.6 Å². The van der Waals surface area contributed by atoms with Gasteiger partial charge in [-0.1, -0.05) is 12.1 Å². The third-order valence-corrected chi connectivity index (χ3v) is 5.87. The van der Waals surface area contributed by atoms with Gasteiger partial charge in [0.2, 0.25) is 5.91 Å². The normalized spacial score (nSPS) is 15.8. The molecule has 1 aliphatic rings. The number of anilines is 1. The summed E-state index contributed by atoms with van der Waals surface area (Å²) in [4.78, 5) is 39.4. The first kappa shape index (κ1) is 23.0. The average molecular weight is 464 g/mol. The zero-order valence-corrected chi connectivity index (χ0v) is 18.8. The number of carbonyl (C=O) groups excluding carboxylic acids is 2. The van der Waals surface area contributed by atoms with Crippen molar-refractivity contribution in [3.8, 4) is 11.1 Å². The quantitative estimate of drug-likeness (QED) is 0.641. The summed E-state index contributed by atoms with van der Waals surface area (Å²) in [5.74, 6) is -2.27. The van der Waals surface area contributed by atoms with E-state index in [-0.39, 0.29) is 23.5 Å². The van der Waals surface area contributed by atoms with Crippen molar-refractivity contribution >= 4 is 17.5 Å². The number of rotatable bonds is 4. The molecule has 0 unspecified atom stereocenters. The molecule has 0 bridgehead atoms. The largest absolute Gasteiger partial charge is 0.322 e. The van der Waals surface area contributed by atoms with Gasteiger partial charge in [0.15, 0.2) is 0 Å². The zero-order chi connectivity index (χ0) is 24.6. The monoisotopic (exact) mass is 464 g/mol. The number of nitrogens with one attached hydrogen (secondary N) is 1. The molecule has 3 aromatic rings. The van der Waals surface area contributed by atoms with Gasteiger partial charge in [0.25, 0.3) is 11.5 Å². The molecule has 0 fully saturated rings. The first-order valence-corrected chi connectivity index (χ1v) is 10.5. The topological polar surface area (TPSA) is 84.3 Å². The number of halogens is 2. The maximum atomic E-state index is 14.8. The molecule has 0 saturated carbocycles. The van der Waals surface area contributed by atoms with E-state index < -0.39 is 29.0 Å². The summed E-state index contributed by atoms with van der Waals surface area (Å²) in [6.07, 6.45) is 2.89. The number of benzene rings is 2. The Hall–Kier alpha value is -4.14. The minimum Gasteiger partial charge on any atom is -0.322 e. The maximum Gasteiger partial charge on any atom is 0.274 e. The highest BCUT2D eigenvalue weighted by molar-refractivity contribution is 6.07. The minimum atomic E-state index is -0.606. The molecule has 1 aliphatic heterocycles. The van der Waals surface area contributed by atoms with Crippen LogP contribution in [-0.2, 0) is 16.6 Å². The van der Waals surface area contributed by atoms with Crippen LogP contribution >= 0.6 is 0 Å². The average Bonchev–Trinajstić information content (AvgIpc) is 2.80. The molecule has 174 valence electrons. The Morgan fingerprint density at radius 3 is 2.47 bits per heavy atom. The van der Waals surface area contributed by atoms with Crippen LogP contribution in [0, 0.1) is 18.6 Å². The van der Waals surface area contributed by atoms with Crippen molar-refractivity contribution in [1.82, 2.24) is 14.7 Å². The third kappa shape index (κ3) is 4.36. The van der Waals surface area contributed by atoms with E-state index in [1.165, 1.54) is 54.7 Å². The highest BCUT2D eigenvalue weighted by Gasteiger charge is 2.31. The molecule has 34 heavy (non-hydrogen) atoms. The van der Waals surface area contributed by atoms with Crippen LogP contribution in [0.15, 0.2) is 65.2 Å². The molecule has 2 heterocycles. The van der Waals surface area contributed by atoms with Crippen molar-refractivity contribution < 1.29 is 18.4 Å². The number of hydrogen-bond acceptors (Lipinski definition) is 4. The fourth-order valence-corrected chi connectivity index (χ4v) is 3.93. The van der Waals surface area contributed by atoms with Crippen LogP contribution < -0.4 is 10.9 Å². The van der Waals surface area contributed by atoms with Gasteiger partial charge in [0.05, 0.1) is 5.56 Å². The van der Waals surface area contributed by atoms with Gasteiger partial charge in [-0.25, -0.2) is 13.5 Å². The Bertz CT molecular complexity index is 1380. The van der Waals surface area contributed by atoms with E-state index in [0.717, 1.165) is 4.68 Å². The molecular weight excluding hydrogens is 442 g/mol. The number of carbonyl (C=O) groups is 2. The summed E-state index contributed by atoms with van der Waals surface area (Å²) in [6.45, 7) is 1.63. The second-order valence-corrected chi connectivity index (χ2v) is 8.17. The predicted octanol–water partition coefficient (Wildman–Crippen LogP) is 3.50. The van der Waals surface area contributed by atoms with Crippen LogP contribution in [-0.4, -0.2) is 33.5 Å². The second kappa shape index (κ2) is 9.01. The van der Waals surface area contributed by atoms with Gasteiger partial charge >= 0.3 is 0 Å². The van der Waals surface area contributed by atoms with Crippen LogP contribution in [0.1, 0.15) is 23.5 Å². The van der Waals surface area contributed by atoms with Crippen molar-refractivity contribution in [2.45, 2.75) is 19.3 Å². The van der Waals surface area contributed by atoms with Crippen molar-refractivity contribution in [2.75, 3.05) is 12.4 Å². The van der Waals surface area contributed by atoms with Crippen LogP contribution in [0.4, 0.5) is 14.5 Å². The van der Waals surface area contributed by atoms with Gasteiger partial charge in [-0.3, -0.25) is 14.4 Å². The Balaban J connectivity index is 1.71. The van der Waals surface area contributed by atoms with E-state index >= 15 is 0 Å². The Kier molecular flexibility index (Phi) is 6.10. The summed E-state index contributed by atoms with van der Waals surface area (Å²) < 4.78 is 29.3. The molecule has 0 radical (unpaired) electrons. The van der Waals surface area contributed by atoms with Crippen LogP contribution in [0.25, 0.3) is 11.1 Å². The molecule has 1 N–H and O–H groups in total. The summed E-state index contributed by atoms with van der Waals surface area (Å²) in [6, 6.07) is 9.70. The van der Waals surface area contributed by atoms with E-state index in [4.69, 9.17) is 0 Å². The third-order valence-electron chi connectivity index (χ3n) is 5.87. The van der Waals surface area contributed by atoms with E-state index in [2.05, 4.69) is 10.4 Å². The van der Waals surface area contributed by atoms with Gasteiger partial charge in [-0.05, 0) is 48.4 Å². The number of aryl methyl sites for hydroxylation is 2. The van der Waals surface area contributed by atoms with Gasteiger partial charge in [-0.15, -0.1) is 0 Å². The molecule has 0 saturated heterocycles. The predicted molar refractivity (Wildman–Crippen MR) is 123 cm³/mol. The van der Waals surface area contributed by atoms with E-state index in [1.807, 2.05) is 0 Å². The second-order valence-electron chi connectivity index (χ2n) is 8.17. The SMILES string of the molecule is Cc1cc(F)c(-c2ccnn(C)c2=O)cc1NC(=O)C1=CN(C)C(=O)C[C@H]1c1ccc(F)cc1. The Morgan fingerprint density at radius 1 is 1.06 bits per heavy atom. The van der Waals surface area contributed by atoms with Crippen molar-refractivity contribution in [3.63, 3.8) is 0 Å². The van der Waals surface area contributed by atoms with Crippen molar-refractivity contribution in [2.24, 2.45) is 7.05 Å². The fourth-order valence-electron chi connectivity index (χ4n) is 3.93. The lowest BCUT2D eigenvalue weighted by molar-refractivity contribution is -0.128. The standard InChI is InChI=1S/C25H22F2N4O3/c1-14-10-21(27)19(17-8-9-28-31(3)25(17)34)11-22(14)29-24(33)20-13-30(2)23(32)12-18(20)15-4-6-16(26)7-5-15/h4-11,13,18H,12H2,1-3H3,(H,29,33)/t18-/m0/s1. The summed E-state index contributed by atoms with van der Waals surface area (Å²) in [7, 11) is 3.01. The van der Waals surface area contributed by atoms with Crippen LogP contribution in [0.2, 0.25) is 0 Å². The fraction of sp³-hybridized carbons (Fsp3) is 0.200. The Labute approximate surface area is 194 Å². The van der Waals surface area contributed by atoms with E-state index in [0.29, 0.717) is 22.4 Å². The summed E-state index contributed by atoms with van der Waals surface area (Å²) in [5, 5.41) is 6.64. The first-order chi connectivity index (χ1) is 16.2. The van der Waals surface area contributed by atoms with Gasteiger partial charge in [0, 0.05) is 55.7 Å². The lowest BCUT2D eigenvalue weighted by Crippen LogP contribution is -2.33. The lowest BCUT2D eigenvalue weighted by atomic mass is 9.85. The molecule has 0 spiro atoms. The first-order valence-electron chi connectivity index (χ1n) is 10.5. The molecule has 1 aromatic heterocycles. The zero-order valence-electron chi connectivity index (χ0n) is 18.8. The number of aromatic nitrogens is 2. The number of amides is 2. The molecule has 2 amide bonds. The Morgan fingerprint density at radius 2 is 1.76 bits per heavy atom. The van der Waals surface area contributed by atoms with E-state index in [9.17, 15) is 23.2 Å². The molecular formula is C25H22F2N4O3. The van der Waals surface area contributed by atoms with Crippen LogP contribution in [0.3, 0.4) is 0 Å².